The molecule has 6 N–H and O–H groups in total. The second-order valence-electron chi connectivity index (χ2n) is 1.79. The van der Waals surface area contributed by atoms with Crippen LogP contribution in [0.15, 0.2) is 0 Å². The van der Waals surface area contributed by atoms with Crippen LogP contribution in [0, 0.1) is 0 Å². The van der Waals surface area contributed by atoms with Gasteiger partial charge in [0.2, 0.25) is 0 Å². The van der Waals surface area contributed by atoms with Gasteiger partial charge in [0.1, 0.15) is 0 Å². The van der Waals surface area contributed by atoms with Crippen molar-refractivity contribution in [1.82, 2.24) is 0 Å². The second-order valence-corrected chi connectivity index (χ2v) is 1.79. The van der Waals surface area contributed by atoms with Crippen molar-refractivity contribution in [2.75, 3.05) is 6.54 Å². The van der Waals surface area contributed by atoms with Crippen LogP contribution >= 0.6 is 0 Å². The van der Waals surface area contributed by atoms with Crippen molar-refractivity contribution < 1.29 is 0 Å². The molecule has 0 aliphatic rings. The fourth-order valence-corrected chi connectivity index (χ4v) is 0.144. The lowest BCUT2D eigenvalue weighted by Crippen LogP contribution is -2.54. The van der Waals surface area contributed by atoms with Crippen molar-refractivity contribution >= 4 is 0 Å². The van der Waals surface area contributed by atoms with Gasteiger partial charge >= 0.3 is 0 Å². The molecule has 0 saturated carbocycles. The molecular formula is C4H13N3. The maximum absolute atomic E-state index is 5.37. The summed E-state index contributed by atoms with van der Waals surface area (Å²) in [5.41, 5.74) is 15.3. The van der Waals surface area contributed by atoms with Gasteiger partial charge in [-0.3, -0.25) is 0 Å². The molecule has 0 bridgehead atoms. The molecule has 0 rings (SSSR count). The van der Waals surface area contributed by atoms with E-state index in [-0.39, 0.29) is 0 Å². The minimum atomic E-state index is -0.639. The molecule has 3 nitrogen and oxygen atoms in total. The molecule has 7 heavy (non-hydrogen) atoms. The number of hydrogen-bond acceptors (Lipinski definition) is 3. The van der Waals surface area contributed by atoms with E-state index in [2.05, 4.69) is 0 Å². The fourth-order valence-electron chi connectivity index (χ4n) is 0.144. The van der Waals surface area contributed by atoms with Gasteiger partial charge in [0.15, 0.2) is 0 Å². The maximum atomic E-state index is 5.37. The molecule has 44 valence electrons. The third-order valence-corrected chi connectivity index (χ3v) is 1.04. The van der Waals surface area contributed by atoms with E-state index in [1.54, 1.807) is 0 Å². The summed E-state index contributed by atoms with van der Waals surface area (Å²) in [5, 5.41) is 0. The van der Waals surface area contributed by atoms with E-state index in [0.717, 1.165) is 6.42 Å². The smallest absolute Gasteiger partial charge is 0.0760 e. The van der Waals surface area contributed by atoms with Crippen LogP contribution in [0.3, 0.4) is 0 Å². The molecule has 0 aromatic heterocycles. The Morgan fingerprint density at radius 1 is 1.43 bits per heavy atom. The predicted molar refractivity (Wildman–Crippen MR) is 30.5 cm³/mol. The summed E-state index contributed by atoms with van der Waals surface area (Å²) in [6, 6.07) is 0. The zero-order valence-corrected chi connectivity index (χ0v) is 4.65. The van der Waals surface area contributed by atoms with Gasteiger partial charge in [-0.05, 0) is 6.42 Å². The highest BCUT2D eigenvalue weighted by Crippen LogP contribution is 1.90. The highest BCUT2D eigenvalue weighted by atomic mass is 15.0. The first-order chi connectivity index (χ1) is 3.12. The Labute approximate surface area is 43.9 Å². The highest BCUT2D eigenvalue weighted by molar-refractivity contribution is 4.74. The summed E-state index contributed by atoms with van der Waals surface area (Å²) >= 11 is 0. The molecule has 0 spiro atoms. The third kappa shape index (κ3) is 2.56. The first kappa shape index (κ1) is 6.88. The van der Waals surface area contributed by atoms with E-state index in [9.17, 15) is 0 Å². The molecule has 0 aliphatic carbocycles. The van der Waals surface area contributed by atoms with Gasteiger partial charge in [0, 0.05) is 6.54 Å². The Kier molecular flexibility index (Phi) is 2.22. The molecule has 0 aliphatic heterocycles. The van der Waals surface area contributed by atoms with Gasteiger partial charge in [0.25, 0.3) is 0 Å². The van der Waals surface area contributed by atoms with E-state index in [0.29, 0.717) is 6.54 Å². The zero-order chi connectivity index (χ0) is 5.91. The van der Waals surface area contributed by atoms with Crippen LogP contribution in [0.25, 0.3) is 0 Å². The second kappa shape index (κ2) is 2.26. The van der Waals surface area contributed by atoms with Crippen LogP contribution < -0.4 is 17.2 Å². The molecule has 0 amide bonds. The van der Waals surface area contributed by atoms with Crippen molar-refractivity contribution in [1.29, 1.82) is 0 Å². The van der Waals surface area contributed by atoms with Crippen LogP contribution in [-0.4, -0.2) is 12.2 Å². The quantitative estimate of drug-likeness (QED) is 0.391. The van der Waals surface area contributed by atoms with E-state index in [1.165, 1.54) is 0 Å². The first-order valence-corrected chi connectivity index (χ1v) is 2.40. The molecule has 0 saturated heterocycles. The van der Waals surface area contributed by atoms with Gasteiger partial charge in [-0.25, -0.2) is 0 Å². The number of rotatable bonds is 2. The molecule has 3 heteroatoms. The van der Waals surface area contributed by atoms with E-state index in [1.807, 2.05) is 6.92 Å². The minimum Gasteiger partial charge on any atom is -0.328 e. The van der Waals surface area contributed by atoms with Gasteiger partial charge in [-0.1, -0.05) is 6.92 Å². The summed E-state index contributed by atoms with van der Waals surface area (Å²) < 4.78 is 0. The Hall–Kier alpha value is -0.120. The van der Waals surface area contributed by atoms with Gasteiger partial charge in [-0.15, -0.1) is 0 Å². The average molecular weight is 103 g/mol. The summed E-state index contributed by atoms with van der Waals surface area (Å²) in [6.45, 7) is 2.26. The van der Waals surface area contributed by atoms with Crippen molar-refractivity contribution in [3.05, 3.63) is 0 Å². The SMILES string of the molecule is CCC(N)(N)CN. The maximum Gasteiger partial charge on any atom is 0.0760 e. The predicted octanol–water partition coefficient (Wildman–Crippen LogP) is -1.03. The number of nitrogens with two attached hydrogens (primary N) is 3. The number of hydrogen-bond donors (Lipinski definition) is 3. The standard InChI is InChI=1S/C4H13N3/c1-2-4(6,7)3-5/h2-3,5-7H2,1H3. The normalized spacial score (nSPS) is 12.0. The van der Waals surface area contributed by atoms with Crippen LogP contribution in [0.4, 0.5) is 0 Å². The summed E-state index contributed by atoms with van der Waals surface area (Å²) in [7, 11) is 0. The van der Waals surface area contributed by atoms with Crippen molar-refractivity contribution in [2.45, 2.75) is 19.0 Å². The van der Waals surface area contributed by atoms with E-state index in [4.69, 9.17) is 17.2 Å². The van der Waals surface area contributed by atoms with Crippen LogP contribution in [-0.2, 0) is 0 Å². The molecule has 0 aromatic carbocycles. The van der Waals surface area contributed by atoms with Crippen molar-refractivity contribution in [2.24, 2.45) is 17.2 Å². The summed E-state index contributed by atoms with van der Waals surface area (Å²) in [5.74, 6) is 0. The highest BCUT2D eigenvalue weighted by Gasteiger charge is 2.11. The molecule has 0 radical (unpaired) electrons. The monoisotopic (exact) mass is 103 g/mol. The largest absolute Gasteiger partial charge is 0.328 e. The summed E-state index contributed by atoms with van der Waals surface area (Å²) in [4.78, 5) is 0. The van der Waals surface area contributed by atoms with Crippen LogP contribution in [0.5, 0.6) is 0 Å². The Bertz CT molecular complexity index is 44.9. The fraction of sp³-hybridized carbons (Fsp3) is 1.00. The average Bonchev–Trinajstić information content (AvgIpc) is 1.68. The molecular weight excluding hydrogens is 90.1 g/mol. The first-order valence-electron chi connectivity index (χ1n) is 2.40. The van der Waals surface area contributed by atoms with Crippen LogP contribution in [0.1, 0.15) is 13.3 Å². The van der Waals surface area contributed by atoms with E-state index >= 15 is 0 Å². The van der Waals surface area contributed by atoms with Gasteiger partial charge < -0.3 is 17.2 Å². The molecule has 0 unspecified atom stereocenters. The van der Waals surface area contributed by atoms with Crippen molar-refractivity contribution in [3.63, 3.8) is 0 Å². The Balaban J connectivity index is 3.36. The topological polar surface area (TPSA) is 78.1 Å². The van der Waals surface area contributed by atoms with Gasteiger partial charge in [-0.2, -0.15) is 0 Å². The minimum absolute atomic E-state index is 0.351. The zero-order valence-electron chi connectivity index (χ0n) is 4.65. The van der Waals surface area contributed by atoms with Crippen LogP contribution in [0.2, 0.25) is 0 Å². The molecule has 0 fully saturated rings. The Morgan fingerprint density at radius 2 is 1.86 bits per heavy atom. The lowest BCUT2D eigenvalue weighted by Gasteiger charge is -2.18. The summed E-state index contributed by atoms with van der Waals surface area (Å²) in [6.07, 6.45) is 0.726. The van der Waals surface area contributed by atoms with Crippen molar-refractivity contribution in [3.8, 4) is 0 Å². The molecule has 0 atom stereocenters. The van der Waals surface area contributed by atoms with E-state index < -0.39 is 5.66 Å². The molecule has 0 heterocycles. The molecule has 0 aromatic rings. The Morgan fingerprint density at radius 3 is 1.86 bits per heavy atom. The lowest BCUT2D eigenvalue weighted by atomic mass is 10.1. The lowest BCUT2D eigenvalue weighted by molar-refractivity contribution is 0.438. The van der Waals surface area contributed by atoms with Gasteiger partial charge in [0.05, 0.1) is 5.66 Å². The third-order valence-electron chi connectivity index (χ3n) is 1.04.